The fourth-order valence-corrected chi connectivity index (χ4v) is 2.86. The maximum Gasteiger partial charge on any atom is 0.357 e. The van der Waals surface area contributed by atoms with E-state index in [9.17, 15) is 8.42 Å². The van der Waals surface area contributed by atoms with Gasteiger partial charge >= 0.3 is 21.3 Å². The van der Waals surface area contributed by atoms with Gasteiger partial charge in [0.2, 0.25) is 0 Å². The molecule has 0 atom stereocenters. The molecule has 0 aliphatic carbocycles. The number of rotatable bonds is 4. The van der Waals surface area contributed by atoms with Crippen LogP contribution in [0.2, 0.25) is 0 Å². The highest BCUT2D eigenvalue weighted by atomic mass is 32.2. The number of hydrogen-bond donors (Lipinski definition) is 0. The van der Waals surface area contributed by atoms with Crippen LogP contribution in [0.15, 0.2) is 71.6 Å². The first-order valence-corrected chi connectivity index (χ1v) is 8.16. The molecule has 2 radical (unpaired) electrons. The van der Waals surface area contributed by atoms with Crippen LogP contribution in [0.3, 0.4) is 0 Å². The highest BCUT2D eigenvalue weighted by Gasteiger charge is 2.27. The predicted molar refractivity (Wildman–Crippen MR) is 85.2 cm³/mol. The van der Waals surface area contributed by atoms with Crippen LogP contribution in [0.4, 0.5) is 5.69 Å². The summed E-state index contributed by atoms with van der Waals surface area (Å²) in [6.45, 7) is 1.89. The molecular formula is C17H14NO3S+. The van der Waals surface area contributed by atoms with Crippen molar-refractivity contribution < 1.29 is 12.7 Å². The summed E-state index contributed by atoms with van der Waals surface area (Å²) in [4.78, 5) is 0.0853. The Kier molecular flexibility index (Phi) is 3.94. The topological polar surface area (TPSA) is 57.5 Å². The van der Waals surface area contributed by atoms with Crippen LogP contribution < -0.4 is 5.48 Å². The lowest BCUT2D eigenvalue weighted by atomic mass is 10.1. The third-order valence-electron chi connectivity index (χ3n) is 3.31. The molecule has 3 rings (SSSR count). The number of benzene rings is 3. The lowest BCUT2D eigenvalue weighted by Gasteiger charge is -1.98. The molecule has 0 aromatic heterocycles. The first-order chi connectivity index (χ1) is 10.6. The molecule has 0 N–H and O–H groups in total. The van der Waals surface area contributed by atoms with Crippen LogP contribution in [0.1, 0.15) is 5.56 Å². The van der Waals surface area contributed by atoms with Crippen molar-refractivity contribution in [3.63, 3.8) is 0 Å². The minimum atomic E-state index is -3.91. The molecule has 3 aromatic carbocycles. The first-order valence-electron chi connectivity index (χ1n) is 6.75. The van der Waals surface area contributed by atoms with Gasteiger partial charge in [0.25, 0.3) is 0 Å². The van der Waals surface area contributed by atoms with Crippen molar-refractivity contribution in [3.05, 3.63) is 72.3 Å². The average molecular weight is 312 g/mol. The van der Waals surface area contributed by atoms with Crippen LogP contribution in [0.5, 0.6) is 0 Å². The summed E-state index contributed by atoms with van der Waals surface area (Å²) in [6.07, 6.45) is 0. The van der Waals surface area contributed by atoms with Gasteiger partial charge in [0.1, 0.15) is 0 Å². The first kappa shape index (κ1) is 14.7. The Labute approximate surface area is 129 Å². The van der Waals surface area contributed by atoms with E-state index >= 15 is 0 Å². The van der Waals surface area contributed by atoms with Gasteiger partial charge in [-0.05, 0) is 30.5 Å². The molecule has 0 unspecified atom stereocenters. The Hall–Kier alpha value is -2.21. The Bertz CT molecular complexity index is 897. The maximum absolute atomic E-state index is 12.1. The van der Waals surface area contributed by atoms with Gasteiger partial charge in [-0.15, -0.1) is 0 Å². The van der Waals surface area contributed by atoms with E-state index in [2.05, 4.69) is 5.48 Å². The predicted octanol–water partition coefficient (Wildman–Crippen LogP) is 3.70. The lowest BCUT2D eigenvalue weighted by molar-refractivity contribution is 0.247. The van der Waals surface area contributed by atoms with Crippen LogP contribution >= 0.6 is 0 Å². The van der Waals surface area contributed by atoms with Gasteiger partial charge in [0, 0.05) is 6.07 Å². The third kappa shape index (κ3) is 3.01. The van der Waals surface area contributed by atoms with Gasteiger partial charge in [-0.1, -0.05) is 48.0 Å². The van der Waals surface area contributed by atoms with E-state index in [0.29, 0.717) is 5.69 Å². The van der Waals surface area contributed by atoms with Crippen LogP contribution in [0, 0.1) is 6.92 Å². The Morgan fingerprint density at radius 1 is 0.864 bits per heavy atom. The zero-order chi connectivity index (χ0) is 15.6. The molecule has 3 aromatic rings. The zero-order valence-electron chi connectivity index (χ0n) is 11.9. The average Bonchev–Trinajstić information content (AvgIpc) is 2.53. The van der Waals surface area contributed by atoms with Gasteiger partial charge in [-0.3, -0.25) is 0 Å². The van der Waals surface area contributed by atoms with E-state index in [0.717, 1.165) is 16.3 Å². The van der Waals surface area contributed by atoms with Crippen molar-refractivity contribution in [2.24, 2.45) is 0 Å². The summed E-state index contributed by atoms with van der Waals surface area (Å²) in [5, 5.41) is 1.81. The number of aryl methyl sites for hydroxylation is 1. The monoisotopic (exact) mass is 312 g/mol. The van der Waals surface area contributed by atoms with Gasteiger partial charge in [-0.25, -0.2) is 0 Å². The number of nitrogens with zero attached hydrogens (tertiary/aromatic N) is 1. The third-order valence-corrected chi connectivity index (χ3v) is 4.43. The van der Waals surface area contributed by atoms with Crippen molar-refractivity contribution in [2.45, 2.75) is 11.8 Å². The summed E-state index contributed by atoms with van der Waals surface area (Å²) in [7, 11) is -3.91. The molecule has 0 saturated heterocycles. The van der Waals surface area contributed by atoms with Crippen molar-refractivity contribution in [3.8, 4) is 0 Å². The molecule has 0 heterocycles. The number of fused-ring (bicyclic) bond motifs is 1. The fraction of sp³-hybridized carbons (Fsp3) is 0.0588. The van der Waals surface area contributed by atoms with Crippen molar-refractivity contribution in [2.75, 3.05) is 0 Å². The largest absolute Gasteiger partial charge is 0.357 e. The Balaban J connectivity index is 1.86. The SMILES string of the molecule is Cc1ccc(S(=O)(=O)O[N+]c2cccc3ccccc23)cc1. The lowest BCUT2D eigenvalue weighted by Crippen LogP contribution is -2.11. The van der Waals surface area contributed by atoms with E-state index in [1.54, 1.807) is 18.2 Å². The van der Waals surface area contributed by atoms with Gasteiger partial charge in [-0.2, -0.15) is 8.42 Å². The smallest absolute Gasteiger partial charge is 0.188 e. The minimum Gasteiger partial charge on any atom is -0.188 e. The molecule has 110 valence electrons. The van der Waals surface area contributed by atoms with E-state index < -0.39 is 10.1 Å². The van der Waals surface area contributed by atoms with Crippen LogP contribution in [-0.4, -0.2) is 8.42 Å². The molecule has 22 heavy (non-hydrogen) atoms. The molecule has 0 bridgehead atoms. The Morgan fingerprint density at radius 2 is 1.55 bits per heavy atom. The summed E-state index contributed by atoms with van der Waals surface area (Å²) >= 11 is 0. The summed E-state index contributed by atoms with van der Waals surface area (Å²) in [5.41, 5.74) is 5.27. The van der Waals surface area contributed by atoms with E-state index in [1.807, 2.05) is 43.3 Å². The molecule has 0 saturated carbocycles. The van der Waals surface area contributed by atoms with Gasteiger partial charge in [0.15, 0.2) is 0 Å². The molecular weight excluding hydrogens is 298 g/mol. The fourth-order valence-electron chi connectivity index (χ4n) is 2.13. The molecule has 0 aliphatic rings. The van der Waals surface area contributed by atoms with Crippen molar-refractivity contribution in [1.82, 2.24) is 5.48 Å². The van der Waals surface area contributed by atoms with E-state index in [1.165, 1.54) is 12.1 Å². The highest BCUT2D eigenvalue weighted by Crippen LogP contribution is 2.24. The standard InChI is InChI=1S/C17H14NO3S/c1-13-9-11-15(12-10-13)22(19,20)21-18-17-8-4-6-14-5-2-3-7-16(14)17/h2-12H,1H3/q+1. The van der Waals surface area contributed by atoms with Gasteiger partial charge in [0.05, 0.1) is 14.6 Å². The second-order valence-corrected chi connectivity index (χ2v) is 6.46. The second kappa shape index (κ2) is 5.88. The maximum atomic E-state index is 12.1. The number of hydrogen-bond acceptors (Lipinski definition) is 3. The second-order valence-electron chi connectivity index (χ2n) is 4.93. The quantitative estimate of drug-likeness (QED) is 0.690. The van der Waals surface area contributed by atoms with E-state index in [-0.39, 0.29) is 4.90 Å². The minimum absolute atomic E-state index is 0.0853. The molecule has 0 spiro atoms. The summed E-state index contributed by atoms with van der Waals surface area (Å²) in [6, 6.07) is 19.5. The zero-order valence-corrected chi connectivity index (χ0v) is 12.7. The summed E-state index contributed by atoms with van der Waals surface area (Å²) in [5.74, 6) is 0. The van der Waals surface area contributed by atoms with Crippen LogP contribution in [-0.2, 0) is 14.4 Å². The van der Waals surface area contributed by atoms with Crippen molar-refractivity contribution in [1.29, 1.82) is 0 Å². The highest BCUT2D eigenvalue weighted by molar-refractivity contribution is 7.86. The normalized spacial score (nSPS) is 11.7. The summed E-state index contributed by atoms with van der Waals surface area (Å²) < 4.78 is 29.1. The molecule has 5 heteroatoms. The Morgan fingerprint density at radius 3 is 2.32 bits per heavy atom. The molecule has 0 amide bonds. The molecule has 4 nitrogen and oxygen atoms in total. The van der Waals surface area contributed by atoms with Crippen LogP contribution in [0.25, 0.3) is 10.8 Å². The van der Waals surface area contributed by atoms with Crippen molar-refractivity contribution >= 4 is 26.6 Å². The van der Waals surface area contributed by atoms with Gasteiger partial charge < -0.3 is 0 Å². The van der Waals surface area contributed by atoms with E-state index in [4.69, 9.17) is 4.28 Å². The molecule has 0 fully saturated rings. The molecule has 0 aliphatic heterocycles.